The molecule has 1 saturated heterocycles. The molecule has 1 aliphatic rings. The summed E-state index contributed by atoms with van der Waals surface area (Å²) in [5.41, 5.74) is 0.653. The van der Waals surface area contributed by atoms with Crippen molar-refractivity contribution in [2.24, 2.45) is 0 Å². The van der Waals surface area contributed by atoms with E-state index in [4.69, 9.17) is 14.2 Å². The summed E-state index contributed by atoms with van der Waals surface area (Å²) in [7, 11) is 0.761. The average molecular weight is 489 g/mol. The molecule has 1 heterocycles. The highest BCUT2D eigenvalue weighted by Crippen LogP contribution is 2.39. The smallest absolute Gasteiger partial charge is 0.244 e. The van der Waals surface area contributed by atoms with Gasteiger partial charge in [-0.05, 0) is 12.1 Å². The number of piperazine rings is 1. The first kappa shape index (κ1) is 25.3. The second-order valence-corrected chi connectivity index (χ2v) is 9.47. The number of sulfonamides is 1. The maximum absolute atomic E-state index is 13.0. The molecular formula is C23H28N4O6S. The van der Waals surface area contributed by atoms with Gasteiger partial charge in [-0.25, -0.2) is 8.42 Å². The van der Waals surface area contributed by atoms with Gasteiger partial charge >= 0.3 is 0 Å². The number of carbonyl (C=O) groups is 1. The van der Waals surface area contributed by atoms with Gasteiger partial charge in [0.25, 0.3) is 0 Å². The Morgan fingerprint density at radius 3 is 2.21 bits per heavy atom. The van der Waals surface area contributed by atoms with Crippen LogP contribution in [-0.4, -0.2) is 77.6 Å². The molecule has 34 heavy (non-hydrogen) atoms. The second-order valence-electron chi connectivity index (χ2n) is 7.57. The van der Waals surface area contributed by atoms with Crippen LogP contribution in [0.1, 0.15) is 12.0 Å². The lowest BCUT2D eigenvalue weighted by Gasteiger charge is -2.34. The van der Waals surface area contributed by atoms with E-state index in [1.54, 1.807) is 24.3 Å². The number of hydrogen-bond acceptors (Lipinski definition) is 8. The van der Waals surface area contributed by atoms with E-state index < -0.39 is 10.0 Å². The summed E-state index contributed by atoms with van der Waals surface area (Å²) in [5, 5.41) is 12.1. The number of nitrogens with zero attached hydrogens (tertiary/aromatic N) is 3. The molecule has 0 radical (unpaired) electrons. The number of amides is 1. The third kappa shape index (κ3) is 5.59. The van der Waals surface area contributed by atoms with Gasteiger partial charge in [0.15, 0.2) is 11.5 Å². The molecule has 3 rings (SSSR count). The van der Waals surface area contributed by atoms with Crippen molar-refractivity contribution in [1.82, 2.24) is 9.21 Å². The summed E-state index contributed by atoms with van der Waals surface area (Å²) in [4.78, 5) is 14.6. The number of methoxy groups -OCH3 is 3. The highest BCUT2D eigenvalue weighted by atomic mass is 32.2. The van der Waals surface area contributed by atoms with Crippen LogP contribution in [0.15, 0.2) is 41.3 Å². The molecule has 2 aromatic rings. The first-order chi connectivity index (χ1) is 16.3. The number of nitrogens with one attached hydrogen (secondary N) is 1. The van der Waals surface area contributed by atoms with Crippen LogP contribution in [-0.2, 0) is 14.8 Å². The molecule has 1 fully saturated rings. The molecule has 11 heteroatoms. The van der Waals surface area contributed by atoms with Crippen molar-refractivity contribution >= 4 is 21.6 Å². The SMILES string of the molecule is COc1cc(NC(=O)CCN2CCN(S(=O)(=O)c3ccccc3C#N)CC2)cc(OC)c1OC. The van der Waals surface area contributed by atoms with Crippen molar-refractivity contribution in [3.8, 4) is 23.3 Å². The molecule has 0 aliphatic carbocycles. The Kier molecular flexibility index (Phi) is 8.33. The van der Waals surface area contributed by atoms with Gasteiger partial charge in [-0.15, -0.1) is 0 Å². The van der Waals surface area contributed by atoms with Crippen LogP contribution in [0.2, 0.25) is 0 Å². The molecule has 0 spiro atoms. The van der Waals surface area contributed by atoms with Crippen LogP contribution in [0.25, 0.3) is 0 Å². The zero-order valence-electron chi connectivity index (χ0n) is 19.4. The van der Waals surface area contributed by atoms with Crippen LogP contribution in [0, 0.1) is 11.3 Å². The van der Waals surface area contributed by atoms with E-state index in [2.05, 4.69) is 5.32 Å². The Morgan fingerprint density at radius 1 is 1.03 bits per heavy atom. The summed E-state index contributed by atoms with van der Waals surface area (Å²) in [6, 6.07) is 11.4. The van der Waals surface area contributed by atoms with Crippen LogP contribution in [0.3, 0.4) is 0 Å². The van der Waals surface area contributed by atoms with Crippen molar-refractivity contribution in [3.05, 3.63) is 42.0 Å². The van der Waals surface area contributed by atoms with Gasteiger partial charge in [-0.3, -0.25) is 4.79 Å². The molecule has 1 amide bonds. The largest absolute Gasteiger partial charge is 0.493 e. The molecule has 10 nitrogen and oxygen atoms in total. The van der Waals surface area contributed by atoms with E-state index in [0.29, 0.717) is 42.6 Å². The molecule has 0 unspecified atom stereocenters. The third-order valence-electron chi connectivity index (χ3n) is 5.56. The Balaban J connectivity index is 1.55. The van der Waals surface area contributed by atoms with Crippen LogP contribution in [0.5, 0.6) is 17.2 Å². The molecule has 0 atom stereocenters. The lowest BCUT2D eigenvalue weighted by Crippen LogP contribution is -2.49. The number of benzene rings is 2. The minimum atomic E-state index is -3.75. The van der Waals surface area contributed by atoms with E-state index in [9.17, 15) is 18.5 Å². The van der Waals surface area contributed by atoms with Crippen molar-refractivity contribution < 1.29 is 27.4 Å². The number of ether oxygens (including phenoxy) is 3. The van der Waals surface area contributed by atoms with Gasteiger partial charge in [0.2, 0.25) is 21.7 Å². The first-order valence-electron chi connectivity index (χ1n) is 10.7. The van der Waals surface area contributed by atoms with Crippen LogP contribution < -0.4 is 19.5 Å². The Bertz CT molecular complexity index is 1150. The normalized spacial score (nSPS) is 14.8. The standard InChI is InChI=1S/C23H28N4O6S/c1-31-19-14-18(15-20(32-2)23(19)33-3)25-22(28)8-9-26-10-12-27(13-11-26)34(29,30)21-7-5-4-6-17(21)16-24/h4-7,14-15H,8-13H2,1-3H3,(H,25,28). The average Bonchev–Trinajstić information content (AvgIpc) is 2.86. The molecular weight excluding hydrogens is 460 g/mol. The quantitative estimate of drug-likeness (QED) is 0.568. The van der Waals surface area contributed by atoms with Crippen molar-refractivity contribution in [3.63, 3.8) is 0 Å². The molecule has 1 N–H and O–H groups in total. The maximum Gasteiger partial charge on any atom is 0.244 e. The van der Waals surface area contributed by atoms with Crippen LogP contribution in [0.4, 0.5) is 5.69 Å². The van der Waals surface area contributed by atoms with Crippen molar-refractivity contribution in [1.29, 1.82) is 5.26 Å². The first-order valence-corrected chi connectivity index (χ1v) is 12.1. The van der Waals surface area contributed by atoms with E-state index in [0.717, 1.165) is 0 Å². The predicted molar refractivity (Wildman–Crippen MR) is 126 cm³/mol. The van der Waals surface area contributed by atoms with E-state index in [1.807, 2.05) is 11.0 Å². The number of carbonyl (C=O) groups excluding carboxylic acids is 1. The minimum absolute atomic E-state index is 0.0238. The van der Waals surface area contributed by atoms with Gasteiger partial charge in [0.1, 0.15) is 6.07 Å². The third-order valence-corrected chi connectivity index (χ3v) is 7.52. The fourth-order valence-electron chi connectivity index (χ4n) is 3.75. The van der Waals surface area contributed by atoms with E-state index >= 15 is 0 Å². The summed E-state index contributed by atoms with van der Waals surface area (Å²) >= 11 is 0. The summed E-state index contributed by atoms with van der Waals surface area (Å²) in [6.45, 7) is 2.04. The molecule has 1 aliphatic heterocycles. The zero-order valence-corrected chi connectivity index (χ0v) is 20.2. The Hall–Kier alpha value is -3.33. The number of nitriles is 1. The molecule has 0 bridgehead atoms. The fraction of sp³-hybridized carbons (Fsp3) is 0.391. The molecule has 0 aromatic heterocycles. The lowest BCUT2D eigenvalue weighted by atomic mass is 10.2. The Labute approximate surface area is 199 Å². The number of hydrogen-bond donors (Lipinski definition) is 1. The van der Waals surface area contributed by atoms with Gasteiger partial charge < -0.3 is 24.4 Å². The Morgan fingerprint density at radius 2 is 1.65 bits per heavy atom. The molecule has 182 valence electrons. The predicted octanol–water partition coefficient (Wildman–Crippen LogP) is 1.92. The second kappa shape index (κ2) is 11.2. The number of rotatable bonds is 9. The van der Waals surface area contributed by atoms with E-state index in [1.165, 1.54) is 37.8 Å². The summed E-state index contributed by atoms with van der Waals surface area (Å²) < 4.78 is 43.2. The fourth-order valence-corrected chi connectivity index (χ4v) is 5.32. The van der Waals surface area contributed by atoms with Crippen molar-refractivity contribution in [2.75, 3.05) is 59.4 Å². The number of anilines is 1. The highest BCUT2D eigenvalue weighted by Gasteiger charge is 2.30. The van der Waals surface area contributed by atoms with Crippen molar-refractivity contribution in [2.45, 2.75) is 11.3 Å². The maximum atomic E-state index is 13.0. The lowest BCUT2D eigenvalue weighted by molar-refractivity contribution is -0.116. The van der Waals surface area contributed by atoms with Crippen LogP contribution >= 0.6 is 0 Å². The molecule has 2 aromatic carbocycles. The summed E-state index contributed by atoms with van der Waals surface area (Å²) in [6.07, 6.45) is 0.237. The van der Waals surface area contributed by atoms with Gasteiger partial charge in [-0.2, -0.15) is 9.57 Å². The topological polar surface area (TPSA) is 121 Å². The van der Waals surface area contributed by atoms with E-state index in [-0.39, 0.29) is 35.9 Å². The highest BCUT2D eigenvalue weighted by molar-refractivity contribution is 7.89. The zero-order chi connectivity index (χ0) is 24.7. The monoisotopic (exact) mass is 488 g/mol. The van der Waals surface area contributed by atoms with Gasteiger partial charge in [-0.1, -0.05) is 12.1 Å². The van der Waals surface area contributed by atoms with Gasteiger partial charge in [0.05, 0.1) is 31.8 Å². The summed E-state index contributed by atoms with van der Waals surface area (Å²) in [5.74, 6) is 1.13. The molecule has 0 saturated carbocycles. The minimum Gasteiger partial charge on any atom is -0.493 e. The van der Waals surface area contributed by atoms with Gasteiger partial charge in [0, 0.05) is 57.0 Å².